The lowest BCUT2D eigenvalue weighted by molar-refractivity contribution is 0.111. The number of aldehydes is 2. The first kappa shape index (κ1) is 19.6. The van der Waals surface area contributed by atoms with Gasteiger partial charge in [0.15, 0.2) is 12.6 Å². The maximum absolute atomic E-state index is 10.9. The molecule has 0 bridgehead atoms. The van der Waals surface area contributed by atoms with Crippen LogP contribution in [0.4, 0.5) is 0 Å². The number of hydrogen-bond donors (Lipinski definition) is 1. The molecule has 0 saturated carbocycles. The molecule has 1 heterocycles. The van der Waals surface area contributed by atoms with E-state index in [2.05, 4.69) is 0 Å². The van der Waals surface area contributed by atoms with Crippen molar-refractivity contribution in [2.24, 2.45) is 0 Å². The van der Waals surface area contributed by atoms with E-state index in [-0.39, 0.29) is 11.9 Å². The van der Waals surface area contributed by atoms with Crippen LogP contribution in [0.3, 0.4) is 0 Å². The van der Waals surface area contributed by atoms with Gasteiger partial charge >= 0.3 is 0 Å². The third-order valence-electron chi connectivity index (χ3n) is 4.93. The standard InChI is InChI=1S/C14H12O3.C11H8O2/c15-7-10-5-6-14(17-9-11-8-16-11)13-4-2-1-3-12(10)13;12-7-8-5-6-11(13)10-4-2-1-3-9(8)10/h1-7,11H,8-9H2;1-7,13H. The second-order valence-corrected chi connectivity index (χ2v) is 6.92. The molecular formula is C25H20O5. The molecule has 4 aromatic carbocycles. The van der Waals surface area contributed by atoms with E-state index < -0.39 is 0 Å². The fraction of sp³-hybridized carbons (Fsp3) is 0.120. The Morgan fingerprint density at radius 1 is 0.800 bits per heavy atom. The SMILES string of the molecule is O=Cc1ccc(O)c2ccccc12.O=Cc1ccc(OCC2CO2)c2ccccc12. The highest BCUT2D eigenvalue weighted by Gasteiger charge is 2.23. The van der Waals surface area contributed by atoms with Crippen LogP contribution in [0.5, 0.6) is 11.5 Å². The van der Waals surface area contributed by atoms with Crippen LogP contribution in [0.1, 0.15) is 20.7 Å². The quantitative estimate of drug-likeness (QED) is 0.385. The highest BCUT2D eigenvalue weighted by Crippen LogP contribution is 2.29. The molecule has 1 N–H and O–H groups in total. The minimum absolute atomic E-state index is 0.209. The normalized spacial score (nSPS) is 14.6. The molecule has 1 aliphatic heterocycles. The van der Waals surface area contributed by atoms with E-state index in [0.717, 1.165) is 41.1 Å². The molecule has 30 heavy (non-hydrogen) atoms. The summed E-state index contributed by atoms with van der Waals surface area (Å²) in [5, 5.41) is 12.9. The lowest BCUT2D eigenvalue weighted by Crippen LogP contribution is -2.04. The van der Waals surface area contributed by atoms with Gasteiger partial charge in [-0.3, -0.25) is 9.59 Å². The van der Waals surface area contributed by atoms with Crippen molar-refractivity contribution in [2.75, 3.05) is 13.2 Å². The number of phenolic OH excluding ortho intramolecular Hbond substituents is 1. The minimum atomic E-state index is 0.209. The van der Waals surface area contributed by atoms with E-state index in [4.69, 9.17) is 9.47 Å². The summed E-state index contributed by atoms with van der Waals surface area (Å²) in [4.78, 5) is 21.6. The van der Waals surface area contributed by atoms with E-state index >= 15 is 0 Å². The number of epoxide rings is 1. The fourth-order valence-electron chi connectivity index (χ4n) is 3.28. The van der Waals surface area contributed by atoms with Gasteiger partial charge in [-0.1, -0.05) is 48.5 Å². The van der Waals surface area contributed by atoms with Crippen molar-refractivity contribution in [3.63, 3.8) is 0 Å². The Balaban J connectivity index is 0.000000151. The molecule has 4 aromatic rings. The van der Waals surface area contributed by atoms with E-state index in [1.807, 2.05) is 48.5 Å². The van der Waals surface area contributed by atoms with Crippen LogP contribution < -0.4 is 4.74 Å². The van der Waals surface area contributed by atoms with E-state index in [1.165, 1.54) is 6.07 Å². The first-order valence-corrected chi connectivity index (χ1v) is 9.58. The summed E-state index contributed by atoms with van der Waals surface area (Å²) in [6.07, 6.45) is 1.90. The smallest absolute Gasteiger partial charge is 0.150 e. The molecule has 0 spiro atoms. The van der Waals surface area contributed by atoms with Gasteiger partial charge in [0.25, 0.3) is 0 Å². The molecule has 5 nitrogen and oxygen atoms in total. The Hall–Kier alpha value is -3.70. The van der Waals surface area contributed by atoms with E-state index in [9.17, 15) is 14.7 Å². The van der Waals surface area contributed by atoms with Crippen molar-refractivity contribution in [1.29, 1.82) is 0 Å². The fourth-order valence-corrected chi connectivity index (χ4v) is 3.28. The van der Waals surface area contributed by atoms with Crippen LogP contribution in [0.15, 0.2) is 72.8 Å². The average Bonchev–Trinajstić information content (AvgIpc) is 3.63. The molecule has 150 valence electrons. The van der Waals surface area contributed by atoms with Crippen LogP contribution in [-0.2, 0) is 4.74 Å². The molecule has 1 atom stereocenters. The lowest BCUT2D eigenvalue weighted by atomic mass is 10.0. The van der Waals surface area contributed by atoms with Gasteiger partial charge in [0.1, 0.15) is 24.2 Å². The topological polar surface area (TPSA) is 76.1 Å². The molecule has 5 rings (SSSR count). The van der Waals surface area contributed by atoms with Gasteiger partial charge in [0.2, 0.25) is 0 Å². The zero-order valence-corrected chi connectivity index (χ0v) is 16.2. The maximum atomic E-state index is 10.9. The number of carbonyl (C=O) groups excluding carboxylic acids is 2. The number of hydrogen-bond acceptors (Lipinski definition) is 5. The second-order valence-electron chi connectivity index (χ2n) is 6.92. The minimum Gasteiger partial charge on any atom is -0.507 e. The van der Waals surface area contributed by atoms with Gasteiger partial charge in [-0.2, -0.15) is 0 Å². The van der Waals surface area contributed by atoms with Crippen molar-refractivity contribution >= 4 is 34.1 Å². The second kappa shape index (κ2) is 8.76. The number of rotatable bonds is 5. The molecule has 1 saturated heterocycles. The van der Waals surface area contributed by atoms with Gasteiger partial charge in [-0.05, 0) is 35.0 Å². The van der Waals surface area contributed by atoms with Crippen LogP contribution >= 0.6 is 0 Å². The van der Waals surface area contributed by atoms with Crippen LogP contribution in [0.2, 0.25) is 0 Å². The van der Waals surface area contributed by atoms with Crippen molar-refractivity contribution in [2.45, 2.75) is 6.10 Å². The van der Waals surface area contributed by atoms with Crippen molar-refractivity contribution < 1.29 is 24.2 Å². The average molecular weight is 400 g/mol. The largest absolute Gasteiger partial charge is 0.507 e. The summed E-state index contributed by atoms with van der Waals surface area (Å²) < 4.78 is 10.8. The molecule has 1 unspecified atom stereocenters. The summed E-state index contributed by atoms with van der Waals surface area (Å²) in [6, 6.07) is 21.8. The van der Waals surface area contributed by atoms with Gasteiger partial charge < -0.3 is 14.6 Å². The number of ether oxygens (including phenoxy) is 2. The molecule has 0 aromatic heterocycles. The van der Waals surface area contributed by atoms with Crippen LogP contribution in [0, 0.1) is 0 Å². The molecular weight excluding hydrogens is 380 g/mol. The van der Waals surface area contributed by atoms with Crippen LogP contribution in [0.25, 0.3) is 21.5 Å². The zero-order valence-electron chi connectivity index (χ0n) is 16.2. The lowest BCUT2D eigenvalue weighted by Gasteiger charge is -2.09. The highest BCUT2D eigenvalue weighted by atomic mass is 16.6. The van der Waals surface area contributed by atoms with Gasteiger partial charge in [0.05, 0.1) is 6.61 Å². The Bertz CT molecular complexity index is 1210. The summed E-state index contributed by atoms with van der Waals surface area (Å²) in [7, 11) is 0. The Kier molecular flexibility index (Phi) is 5.72. The summed E-state index contributed by atoms with van der Waals surface area (Å²) in [5.41, 5.74) is 1.30. The molecule has 1 aliphatic rings. The Morgan fingerprint density at radius 3 is 1.93 bits per heavy atom. The highest BCUT2D eigenvalue weighted by molar-refractivity contribution is 6.01. The van der Waals surface area contributed by atoms with E-state index in [0.29, 0.717) is 23.1 Å². The third-order valence-corrected chi connectivity index (χ3v) is 4.93. The molecule has 0 radical (unpaired) electrons. The van der Waals surface area contributed by atoms with Crippen molar-refractivity contribution in [3.05, 3.63) is 83.9 Å². The monoisotopic (exact) mass is 400 g/mol. The molecule has 5 heteroatoms. The third kappa shape index (κ3) is 4.16. The van der Waals surface area contributed by atoms with Crippen molar-refractivity contribution in [3.8, 4) is 11.5 Å². The predicted octanol–water partition coefficient (Wildman–Crippen LogP) is 4.79. The van der Waals surface area contributed by atoms with Gasteiger partial charge in [0, 0.05) is 21.9 Å². The first-order valence-electron chi connectivity index (χ1n) is 9.58. The molecule has 0 amide bonds. The van der Waals surface area contributed by atoms with E-state index in [1.54, 1.807) is 18.2 Å². The first-order chi connectivity index (χ1) is 14.7. The van der Waals surface area contributed by atoms with Gasteiger partial charge in [-0.15, -0.1) is 0 Å². The van der Waals surface area contributed by atoms with Crippen LogP contribution in [-0.4, -0.2) is 37.0 Å². The number of carbonyl (C=O) groups is 2. The Labute approximate surface area is 173 Å². The number of benzene rings is 4. The number of fused-ring (bicyclic) bond motifs is 2. The molecule has 1 fully saturated rings. The number of phenols is 1. The Morgan fingerprint density at radius 2 is 1.33 bits per heavy atom. The van der Waals surface area contributed by atoms with Gasteiger partial charge in [-0.25, -0.2) is 0 Å². The maximum Gasteiger partial charge on any atom is 0.150 e. The summed E-state index contributed by atoms with van der Waals surface area (Å²) >= 11 is 0. The zero-order chi connectivity index (χ0) is 20.9. The summed E-state index contributed by atoms with van der Waals surface area (Å²) in [5.74, 6) is 1.02. The molecule has 0 aliphatic carbocycles. The predicted molar refractivity (Wildman–Crippen MR) is 116 cm³/mol. The number of aromatic hydroxyl groups is 1. The summed E-state index contributed by atoms with van der Waals surface area (Å²) in [6.45, 7) is 1.36. The van der Waals surface area contributed by atoms with Crippen molar-refractivity contribution in [1.82, 2.24) is 0 Å².